The molecule has 0 fully saturated rings. The van der Waals surface area contributed by atoms with Gasteiger partial charge in [0.25, 0.3) is 0 Å². The summed E-state index contributed by atoms with van der Waals surface area (Å²) in [5.74, 6) is -0.185. The van der Waals surface area contributed by atoms with Crippen molar-refractivity contribution in [2.75, 3.05) is 13.2 Å². The van der Waals surface area contributed by atoms with Gasteiger partial charge in [0.15, 0.2) is 0 Å². The maximum atomic E-state index is 10.9. The van der Waals surface area contributed by atoms with E-state index in [1.54, 1.807) is 12.1 Å². The van der Waals surface area contributed by atoms with Crippen LogP contribution in [0.15, 0.2) is 28.7 Å². The van der Waals surface area contributed by atoms with E-state index in [1.807, 2.05) is 6.92 Å². The second kappa shape index (κ2) is 6.81. The van der Waals surface area contributed by atoms with Crippen molar-refractivity contribution in [2.45, 2.75) is 19.8 Å². The van der Waals surface area contributed by atoms with E-state index < -0.39 is 5.97 Å². The van der Waals surface area contributed by atoms with Gasteiger partial charge in [-0.3, -0.25) is 0 Å². The molecule has 0 saturated carbocycles. The first-order valence-electron chi connectivity index (χ1n) is 6.44. The highest BCUT2D eigenvalue weighted by molar-refractivity contribution is 5.88. The maximum Gasteiger partial charge on any atom is 0.335 e. The maximum absolute atomic E-state index is 10.9. The van der Waals surface area contributed by atoms with Crippen molar-refractivity contribution in [3.63, 3.8) is 0 Å². The van der Waals surface area contributed by atoms with E-state index >= 15 is 0 Å². The Balaban J connectivity index is 2.04. The van der Waals surface area contributed by atoms with Crippen LogP contribution in [-0.2, 0) is 11.2 Å². The normalized spacial score (nSPS) is 10.7. The SMILES string of the molecule is CCCOCCc1nnc(-c2cccc(C(=O)O)c2)o1. The smallest absolute Gasteiger partial charge is 0.335 e. The number of hydrogen-bond donors (Lipinski definition) is 1. The van der Waals surface area contributed by atoms with E-state index in [-0.39, 0.29) is 5.56 Å². The molecule has 0 spiro atoms. The summed E-state index contributed by atoms with van der Waals surface area (Å²) < 4.78 is 10.8. The zero-order valence-corrected chi connectivity index (χ0v) is 11.2. The zero-order valence-electron chi connectivity index (χ0n) is 11.2. The monoisotopic (exact) mass is 276 g/mol. The van der Waals surface area contributed by atoms with E-state index in [4.69, 9.17) is 14.3 Å². The Morgan fingerprint density at radius 3 is 2.95 bits per heavy atom. The standard InChI is InChI=1S/C14H16N2O4/c1-2-7-19-8-6-12-15-16-13(20-12)10-4-3-5-11(9-10)14(17)18/h3-5,9H,2,6-8H2,1H3,(H,17,18). The number of aromatic carboxylic acids is 1. The van der Waals surface area contributed by atoms with E-state index in [0.717, 1.165) is 6.42 Å². The summed E-state index contributed by atoms with van der Waals surface area (Å²) in [6, 6.07) is 6.40. The van der Waals surface area contributed by atoms with Crippen molar-refractivity contribution in [1.82, 2.24) is 10.2 Å². The van der Waals surface area contributed by atoms with Crippen molar-refractivity contribution in [3.05, 3.63) is 35.7 Å². The summed E-state index contributed by atoms with van der Waals surface area (Å²) in [7, 11) is 0. The molecule has 1 N–H and O–H groups in total. The van der Waals surface area contributed by atoms with Crippen molar-refractivity contribution in [1.29, 1.82) is 0 Å². The highest BCUT2D eigenvalue weighted by Gasteiger charge is 2.11. The number of ether oxygens (including phenoxy) is 1. The van der Waals surface area contributed by atoms with Gasteiger partial charge in [0.05, 0.1) is 12.2 Å². The molecule has 0 atom stereocenters. The quantitative estimate of drug-likeness (QED) is 0.781. The number of carboxylic acids is 1. The lowest BCUT2D eigenvalue weighted by Gasteiger charge is -1.99. The molecule has 20 heavy (non-hydrogen) atoms. The lowest BCUT2D eigenvalue weighted by molar-refractivity contribution is 0.0697. The summed E-state index contributed by atoms with van der Waals surface area (Å²) >= 11 is 0. The van der Waals surface area contributed by atoms with Gasteiger partial charge in [0.1, 0.15) is 0 Å². The minimum atomic E-state index is -0.987. The molecular formula is C14H16N2O4. The summed E-state index contributed by atoms with van der Waals surface area (Å²) in [5, 5.41) is 16.8. The molecule has 0 saturated heterocycles. The third-order valence-electron chi connectivity index (χ3n) is 2.63. The summed E-state index contributed by atoms with van der Waals surface area (Å²) in [5.41, 5.74) is 0.784. The van der Waals surface area contributed by atoms with Gasteiger partial charge in [-0.25, -0.2) is 4.79 Å². The lowest BCUT2D eigenvalue weighted by Crippen LogP contribution is -1.99. The second-order valence-corrected chi connectivity index (χ2v) is 4.25. The van der Waals surface area contributed by atoms with Gasteiger partial charge in [-0.1, -0.05) is 13.0 Å². The van der Waals surface area contributed by atoms with Gasteiger partial charge in [-0.15, -0.1) is 10.2 Å². The summed E-state index contributed by atoms with van der Waals surface area (Å²) in [4.78, 5) is 10.9. The van der Waals surface area contributed by atoms with Crippen LogP contribution in [-0.4, -0.2) is 34.5 Å². The molecule has 2 rings (SSSR count). The fraction of sp³-hybridized carbons (Fsp3) is 0.357. The number of carbonyl (C=O) groups is 1. The van der Waals surface area contributed by atoms with Crippen LogP contribution in [0.1, 0.15) is 29.6 Å². The molecule has 2 aromatic rings. The average Bonchev–Trinajstić information content (AvgIpc) is 2.92. The fourth-order valence-electron chi connectivity index (χ4n) is 1.66. The molecule has 1 aromatic heterocycles. The van der Waals surface area contributed by atoms with Crippen LogP contribution in [0.4, 0.5) is 0 Å². The van der Waals surface area contributed by atoms with Crippen LogP contribution in [0.5, 0.6) is 0 Å². The number of nitrogens with zero attached hydrogens (tertiary/aromatic N) is 2. The van der Waals surface area contributed by atoms with Crippen molar-refractivity contribution in [3.8, 4) is 11.5 Å². The third kappa shape index (κ3) is 3.64. The largest absolute Gasteiger partial charge is 0.478 e. The first-order chi connectivity index (χ1) is 9.70. The molecule has 1 aromatic carbocycles. The highest BCUT2D eigenvalue weighted by Crippen LogP contribution is 2.19. The van der Waals surface area contributed by atoms with Gasteiger partial charge in [-0.2, -0.15) is 0 Å². The Morgan fingerprint density at radius 1 is 1.35 bits per heavy atom. The topological polar surface area (TPSA) is 85.5 Å². The van der Waals surface area contributed by atoms with Gasteiger partial charge in [0.2, 0.25) is 11.8 Å². The molecule has 0 aliphatic heterocycles. The molecule has 0 radical (unpaired) electrons. The van der Waals surface area contributed by atoms with E-state index in [9.17, 15) is 4.79 Å². The Morgan fingerprint density at radius 2 is 2.20 bits per heavy atom. The number of hydrogen-bond acceptors (Lipinski definition) is 5. The number of carboxylic acid groups (broad SMARTS) is 1. The van der Waals surface area contributed by atoms with Gasteiger partial charge in [-0.05, 0) is 24.6 Å². The van der Waals surface area contributed by atoms with Gasteiger partial charge < -0.3 is 14.3 Å². The van der Waals surface area contributed by atoms with Crippen LogP contribution in [0.25, 0.3) is 11.5 Å². The van der Waals surface area contributed by atoms with Crippen LogP contribution in [0, 0.1) is 0 Å². The molecular weight excluding hydrogens is 260 g/mol. The van der Waals surface area contributed by atoms with Gasteiger partial charge in [0, 0.05) is 18.6 Å². The minimum Gasteiger partial charge on any atom is -0.478 e. The van der Waals surface area contributed by atoms with E-state index in [1.165, 1.54) is 12.1 Å². The molecule has 6 heteroatoms. The molecule has 6 nitrogen and oxygen atoms in total. The van der Waals surface area contributed by atoms with Crippen molar-refractivity contribution < 1.29 is 19.1 Å². The Bertz CT molecular complexity index is 580. The molecule has 0 amide bonds. The van der Waals surface area contributed by atoms with Crippen LogP contribution >= 0.6 is 0 Å². The minimum absolute atomic E-state index is 0.188. The second-order valence-electron chi connectivity index (χ2n) is 4.25. The van der Waals surface area contributed by atoms with Gasteiger partial charge >= 0.3 is 5.97 Å². The number of aromatic nitrogens is 2. The molecule has 0 aliphatic rings. The number of benzene rings is 1. The predicted molar refractivity (Wildman–Crippen MR) is 71.5 cm³/mol. The summed E-state index contributed by atoms with van der Waals surface area (Å²) in [6.45, 7) is 3.28. The summed E-state index contributed by atoms with van der Waals surface area (Å²) in [6.07, 6.45) is 1.52. The molecule has 0 unspecified atom stereocenters. The lowest BCUT2D eigenvalue weighted by atomic mass is 10.1. The first kappa shape index (κ1) is 14.2. The number of rotatable bonds is 7. The van der Waals surface area contributed by atoms with E-state index in [0.29, 0.717) is 37.0 Å². The molecule has 106 valence electrons. The van der Waals surface area contributed by atoms with Crippen LogP contribution in [0.2, 0.25) is 0 Å². The molecule has 1 heterocycles. The highest BCUT2D eigenvalue weighted by atomic mass is 16.5. The fourth-order valence-corrected chi connectivity index (χ4v) is 1.66. The van der Waals surface area contributed by atoms with Crippen LogP contribution in [0.3, 0.4) is 0 Å². The van der Waals surface area contributed by atoms with Crippen molar-refractivity contribution >= 4 is 5.97 Å². The van der Waals surface area contributed by atoms with E-state index in [2.05, 4.69) is 10.2 Å². The first-order valence-corrected chi connectivity index (χ1v) is 6.44. The molecule has 0 bridgehead atoms. The Kier molecular flexibility index (Phi) is 4.84. The average molecular weight is 276 g/mol. The van der Waals surface area contributed by atoms with Crippen LogP contribution < -0.4 is 0 Å². The Hall–Kier alpha value is -2.21. The zero-order chi connectivity index (χ0) is 14.4. The molecule has 0 aliphatic carbocycles. The Labute approximate surface area is 116 Å². The third-order valence-corrected chi connectivity index (χ3v) is 2.63. The predicted octanol–water partition coefficient (Wildman–Crippen LogP) is 2.40. The van der Waals surface area contributed by atoms with Crippen molar-refractivity contribution in [2.24, 2.45) is 0 Å².